The summed E-state index contributed by atoms with van der Waals surface area (Å²) >= 11 is 0. The zero-order chi connectivity index (χ0) is 18.8. The molecule has 0 radical (unpaired) electrons. The van der Waals surface area contributed by atoms with Crippen molar-refractivity contribution in [1.82, 2.24) is 0 Å². The lowest BCUT2D eigenvalue weighted by atomic mass is 10.0. The summed E-state index contributed by atoms with van der Waals surface area (Å²) in [5, 5.41) is 20.9. The zero-order valence-corrected chi connectivity index (χ0v) is 12.5. The topological polar surface area (TPSA) is 98.9 Å². The van der Waals surface area contributed by atoms with Crippen molar-refractivity contribution in [2.45, 2.75) is 13.3 Å². The van der Waals surface area contributed by atoms with Crippen LogP contribution in [0.4, 0.5) is 18.9 Å². The summed E-state index contributed by atoms with van der Waals surface area (Å²) in [6, 6.07) is 7.84. The number of ether oxygens (including phenoxy) is 2. The fraction of sp³-hybridized carbons (Fsp3) is 0.133. The lowest BCUT2D eigenvalue weighted by Gasteiger charge is -2.15. The van der Waals surface area contributed by atoms with E-state index in [1.54, 1.807) is 6.07 Å². The molecule has 0 aliphatic heterocycles. The Balaban J connectivity index is 2.54. The Hall–Kier alpha value is -3.30. The van der Waals surface area contributed by atoms with Crippen LogP contribution in [-0.2, 0) is 0 Å². The number of nitrogens with zero attached hydrogens (tertiary/aromatic N) is 1. The molecule has 0 aromatic heterocycles. The number of halogens is 3. The molecule has 2 aromatic carbocycles. The zero-order valence-electron chi connectivity index (χ0n) is 12.5. The van der Waals surface area contributed by atoms with Gasteiger partial charge in [-0.2, -0.15) is 0 Å². The normalized spacial score (nSPS) is 11.0. The first kappa shape index (κ1) is 18.0. The van der Waals surface area contributed by atoms with Crippen LogP contribution in [0.1, 0.15) is 15.9 Å². The van der Waals surface area contributed by atoms with Crippen LogP contribution >= 0.6 is 0 Å². The molecule has 1 N–H and O–H groups in total. The number of para-hydroxylation sites is 1. The number of aromatic hydroxyl groups is 1. The summed E-state index contributed by atoms with van der Waals surface area (Å²) < 4.78 is 46.0. The number of nitro benzene ring substituents is 1. The van der Waals surface area contributed by atoms with E-state index in [1.807, 2.05) is 0 Å². The number of hydrogen-bond donors (Lipinski definition) is 1. The van der Waals surface area contributed by atoms with E-state index in [1.165, 1.54) is 24.3 Å². The van der Waals surface area contributed by atoms with Gasteiger partial charge in [-0.1, -0.05) is 18.2 Å². The Morgan fingerprint density at radius 2 is 1.84 bits per heavy atom. The number of alkyl halides is 3. The standard InChI is InChI=1S/C15H10F3NO6/c1-8-11(25-15(16,17)18)7-10(19(22)23)13(20)12(8)14(21)24-9-5-3-2-4-6-9/h2-7,20H,1H3. The van der Waals surface area contributed by atoms with Crippen LogP contribution in [-0.4, -0.2) is 22.4 Å². The van der Waals surface area contributed by atoms with E-state index in [9.17, 15) is 33.2 Å². The molecule has 10 heteroatoms. The molecule has 0 saturated carbocycles. The second-order valence-corrected chi connectivity index (χ2v) is 4.75. The Kier molecular flexibility index (Phi) is 4.82. The van der Waals surface area contributed by atoms with Crippen molar-refractivity contribution in [3.8, 4) is 17.2 Å². The van der Waals surface area contributed by atoms with E-state index in [2.05, 4.69) is 4.74 Å². The Morgan fingerprint density at radius 1 is 1.24 bits per heavy atom. The summed E-state index contributed by atoms with van der Waals surface area (Å²) in [7, 11) is 0. The number of nitro groups is 1. The molecule has 2 aromatic rings. The van der Waals surface area contributed by atoms with Gasteiger partial charge in [0.25, 0.3) is 0 Å². The van der Waals surface area contributed by atoms with Crippen LogP contribution in [0.25, 0.3) is 0 Å². The molecular weight excluding hydrogens is 347 g/mol. The third kappa shape index (κ3) is 4.16. The molecular formula is C15H10F3NO6. The largest absolute Gasteiger partial charge is 0.573 e. The van der Waals surface area contributed by atoms with Gasteiger partial charge in [-0.25, -0.2) is 4.79 Å². The minimum Gasteiger partial charge on any atom is -0.501 e. The van der Waals surface area contributed by atoms with E-state index < -0.39 is 45.6 Å². The quantitative estimate of drug-likeness (QED) is 0.387. The summed E-state index contributed by atoms with van der Waals surface area (Å²) in [5.41, 5.74) is -2.37. The molecule has 2 rings (SSSR count). The highest BCUT2D eigenvalue weighted by molar-refractivity contribution is 5.97. The lowest BCUT2D eigenvalue weighted by molar-refractivity contribution is -0.386. The van der Waals surface area contributed by atoms with Crippen LogP contribution in [0, 0.1) is 17.0 Å². The van der Waals surface area contributed by atoms with Crippen molar-refractivity contribution >= 4 is 11.7 Å². The van der Waals surface area contributed by atoms with Crippen molar-refractivity contribution < 1.29 is 37.5 Å². The number of esters is 1. The second kappa shape index (κ2) is 6.67. The number of phenolic OH excluding ortho intramolecular Hbond substituents is 1. The summed E-state index contributed by atoms with van der Waals surface area (Å²) in [5.74, 6) is -3.33. The first-order valence-electron chi connectivity index (χ1n) is 6.64. The minimum absolute atomic E-state index is 0.0381. The predicted octanol–water partition coefficient (Wildman–Crippen LogP) is 3.73. The van der Waals surface area contributed by atoms with Crippen LogP contribution in [0.3, 0.4) is 0 Å². The SMILES string of the molecule is Cc1c(OC(F)(F)F)cc([N+](=O)[O-])c(O)c1C(=O)Oc1ccccc1. The molecule has 0 aliphatic rings. The van der Waals surface area contributed by atoms with E-state index in [0.29, 0.717) is 6.07 Å². The fourth-order valence-corrected chi connectivity index (χ4v) is 2.00. The van der Waals surface area contributed by atoms with Gasteiger partial charge in [0.2, 0.25) is 5.75 Å². The number of carbonyl (C=O) groups excluding carboxylic acids is 1. The van der Waals surface area contributed by atoms with Gasteiger partial charge >= 0.3 is 18.0 Å². The van der Waals surface area contributed by atoms with Gasteiger partial charge in [-0.15, -0.1) is 13.2 Å². The summed E-state index contributed by atoms with van der Waals surface area (Å²) in [6.07, 6.45) is -5.14. The van der Waals surface area contributed by atoms with Gasteiger partial charge in [0.15, 0.2) is 0 Å². The van der Waals surface area contributed by atoms with E-state index in [4.69, 9.17) is 4.74 Å². The fourth-order valence-electron chi connectivity index (χ4n) is 2.00. The Bertz CT molecular complexity index is 820. The summed E-state index contributed by atoms with van der Waals surface area (Å²) in [6.45, 7) is 1.03. The highest BCUT2D eigenvalue weighted by Crippen LogP contribution is 2.40. The molecule has 132 valence electrons. The van der Waals surface area contributed by atoms with Gasteiger partial charge in [0, 0.05) is 5.56 Å². The van der Waals surface area contributed by atoms with Gasteiger partial charge in [0.1, 0.15) is 17.1 Å². The molecule has 0 heterocycles. The molecule has 0 amide bonds. The average molecular weight is 357 g/mol. The monoisotopic (exact) mass is 357 g/mol. The van der Waals surface area contributed by atoms with E-state index in [0.717, 1.165) is 6.92 Å². The van der Waals surface area contributed by atoms with Crippen molar-refractivity contribution in [2.75, 3.05) is 0 Å². The molecule has 0 fully saturated rings. The maximum absolute atomic E-state index is 12.5. The highest BCUT2D eigenvalue weighted by Gasteiger charge is 2.36. The van der Waals surface area contributed by atoms with Gasteiger partial charge in [0.05, 0.1) is 11.0 Å². The van der Waals surface area contributed by atoms with E-state index >= 15 is 0 Å². The van der Waals surface area contributed by atoms with E-state index in [-0.39, 0.29) is 5.75 Å². The van der Waals surface area contributed by atoms with Crippen LogP contribution < -0.4 is 9.47 Å². The van der Waals surface area contributed by atoms with Gasteiger partial charge in [-0.05, 0) is 19.1 Å². The molecule has 0 bridgehead atoms. The molecule has 0 spiro atoms. The minimum atomic E-state index is -5.14. The van der Waals surface area contributed by atoms with Crippen molar-refractivity contribution in [1.29, 1.82) is 0 Å². The number of hydrogen-bond acceptors (Lipinski definition) is 6. The second-order valence-electron chi connectivity index (χ2n) is 4.75. The molecule has 0 atom stereocenters. The van der Waals surface area contributed by atoms with Gasteiger partial charge < -0.3 is 14.6 Å². The first-order chi connectivity index (χ1) is 11.6. The number of benzene rings is 2. The van der Waals surface area contributed by atoms with Crippen molar-refractivity contribution in [2.24, 2.45) is 0 Å². The molecule has 7 nitrogen and oxygen atoms in total. The Labute approximate surface area is 138 Å². The van der Waals surface area contributed by atoms with Crippen molar-refractivity contribution in [3.63, 3.8) is 0 Å². The van der Waals surface area contributed by atoms with Gasteiger partial charge in [-0.3, -0.25) is 10.1 Å². The lowest BCUT2D eigenvalue weighted by Crippen LogP contribution is -2.19. The summed E-state index contributed by atoms with van der Waals surface area (Å²) in [4.78, 5) is 22.0. The number of rotatable bonds is 4. The number of phenols is 1. The Morgan fingerprint density at radius 3 is 2.36 bits per heavy atom. The maximum Gasteiger partial charge on any atom is 0.573 e. The molecule has 0 unspecified atom stereocenters. The maximum atomic E-state index is 12.5. The number of carbonyl (C=O) groups is 1. The molecule has 0 saturated heterocycles. The van der Waals surface area contributed by atoms with Crippen molar-refractivity contribution in [3.05, 3.63) is 57.6 Å². The first-order valence-corrected chi connectivity index (χ1v) is 6.64. The third-order valence-corrected chi connectivity index (χ3v) is 3.07. The van der Waals surface area contributed by atoms with Crippen LogP contribution in [0.2, 0.25) is 0 Å². The highest BCUT2D eigenvalue weighted by atomic mass is 19.4. The average Bonchev–Trinajstić information content (AvgIpc) is 2.49. The third-order valence-electron chi connectivity index (χ3n) is 3.07. The predicted molar refractivity (Wildman–Crippen MR) is 77.6 cm³/mol. The van der Waals surface area contributed by atoms with Crippen LogP contribution in [0.5, 0.6) is 17.2 Å². The molecule has 25 heavy (non-hydrogen) atoms. The smallest absolute Gasteiger partial charge is 0.501 e. The van der Waals surface area contributed by atoms with Crippen LogP contribution in [0.15, 0.2) is 36.4 Å². The molecule has 0 aliphatic carbocycles.